The highest BCUT2D eigenvalue weighted by molar-refractivity contribution is 5.99. The van der Waals surface area contributed by atoms with Crippen LogP contribution in [0, 0.1) is 0 Å². The predicted molar refractivity (Wildman–Crippen MR) is 100 cm³/mol. The van der Waals surface area contributed by atoms with Gasteiger partial charge in [-0.25, -0.2) is 0 Å². The third-order valence-electron chi connectivity index (χ3n) is 4.38. The van der Waals surface area contributed by atoms with Gasteiger partial charge in [-0.05, 0) is 35.9 Å². The van der Waals surface area contributed by atoms with Crippen LogP contribution in [0.3, 0.4) is 0 Å². The highest BCUT2D eigenvalue weighted by Gasteiger charge is 2.34. The van der Waals surface area contributed by atoms with Crippen molar-refractivity contribution < 1.29 is 17.7 Å². The molecule has 0 aliphatic carbocycles. The van der Waals surface area contributed by atoms with Gasteiger partial charge < -0.3 is 4.52 Å². The molecule has 0 spiro atoms. The highest BCUT2D eigenvalue weighted by atomic mass is 19.4. The van der Waals surface area contributed by atoms with Crippen LogP contribution < -0.4 is 0 Å². The summed E-state index contributed by atoms with van der Waals surface area (Å²) in [5.41, 5.74) is 1.61. The second kappa shape index (κ2) is 6.49. The number of nitrogens with zero attached hydrogens (tertiary/aromatic N) is 3. The topological polar surface area (TPSA) is 67.6 Å². The van der Waals surface area contributed by atoms with E-state index < -0.39 is 11.7 Å². The van der Waals surface area contributed by atoms with E-state index in [9.17, 15) is 13.2 Å². The molecule has 140 valence electrons. The van der Waals surface area contributed by atoms with E-state index in [2.05, 4.69) is 33.5 Å². The minimum atomic E-state index is -4.53. The fourth-order valence-electron chi connectivity index (χ4n) is 3.16. The molecule has 3 heterocycles. The zero-order chi connectivity index (χ0) is 19.9. The average molecular weight is 382 g/mol. The van der Waals surface area contributed by atoms with Crippen molar-refractivity contribution in [1.29, 1.82) is 0 Å². The van der Waals surface area contributed by atoms with E-state index in [0.29, 0.717) is 39.0 Å². The summed E-state index contributed by atoms with van der Waals surface area (Å²) in [7, 11) is 0. The molecule has 3 aromatic heterocycles. The highest BCUT2D eigenvalue weighted by Crippen LogP contribution is 2.41. The SMILES string of the molecule is C=Cc1noc(C=C)c1-c1cc(-c2cnccc2C(F)(F)F)c2[nH]ncc2c1. The van der Waals surface area contributed by atoms with Crippen molar-refractivity contribution in [2.75, 3.05) is 0 Å². The maximum Gasteiger partial charge on any atom is 0.417 e. The lowest BCUT2D eigenvalue weighted by Gasteiger charge is -2.14. The number of hydrogen-bond acceptors (Lipinski definition) is 4. The Bertz CT molecular complexity index is 1180. The number of alkyl halides is 3. The quantitative estimate of drug-likeness (QED) is 0.500. The van der Waals surface area contributed by atoms with Gasteiger partial charge in [-0.15, -0.1) is 0 Å². The molecule has 28 heavy (non-hydrogen) atoms. The third-order valence-corrected chi connectivity index (χ3v) is 4.38. The van der Waals surface area contributed by atoms with Gasteiger partial charge in [0.05, 0.1) is 22.8 Å². The largest absolute Gasteiger partial charge is 0.417 e. The molecule has 0 saturated carbocycles. The van der Waals surface area contributed by atoms with E-state index in [1.807, 2.05) is 0 Å². The minimum Gasteiger partial charge on any atom is -0.356 e. The third kappa shape index (κ3) is 2.79. The molecule has 0 aliphatic rings. The number of benzene rings is 1. The lowest BCUT2D eigenvalue weighted by atomic mass is 9.94. The van der Waals surface area contributed by atoms with Crippen LogP contribution in [-0.2, 0) is 6.18 Å². The number of hydrogen-bond donors (Lipinski definition) is 1. The van der Waals surface area contributed by atoms with Crippen molar-refractivity contribution in [2.24, 2.45) is 0 Å². The number of H-pyrrole nitrogens is 1. The maximum atomic E-state index is 13.6. The van der Waals surface area contributed by atoms with Crippen LogP contribution in [0.25, 0.3) is 45.3 Å². The smallest absolute Gasteiger partial charge is 0.356 e. The molecular weight excluding hydrogens is 369 g/mol. The van der Waals surface area contributed by atoms with Crippen LogP contribution in [0.2, 0.25) is 0 Å². The van der Waals surface area contributed by atoms with Gasteiger partial charge in [-0.1, -0.05) is 18.3 Å². The molecule has 0 atom stereocenters. The van der Waals surface area contributed by atoms with E-state index in [4.69, 9.17) is 4.52 Å². The first-order chi connectivity index (χ1) is 13.4. The minimum absolute atomic E-state index is 0.0529. The van der Waals surface area contributed by atoms with E-state index in [-0.39, 0.29) is 5.56 Å². The van der Waals surface area contributed by atoms with Crippen molar-refractivity contribution in [3.63, 3.8) is 0 Å². The number of aromatic nitrogens is 4. The molecule has 0 unspecified atom stereocenters. The number of fused-ring (bicyclic) bond motifs is 1. The van der Waals surface area contributed by atoms with Crippen LogP contribution in [0.15, 0.2) is 54.5 Å². The Morgan fingerprint density at radius 3 is 2.61 bits per heavy atom. The molecule has 0 bridgehead atoms. The molecule has 0 fully saturated rings. The Kier molecular flexibility index (Phi) is 4.11. The van der Waals surface area contributed by atoms with Crippen LogP contribution in [0.5, 0.6) is 0 Å². The Morgan fingerprint density at radius 2 is 1.89 bits per heavy atom. The monoisotopic (exact) mass is 382 g/mol. The summed E-state index contributed by atoms with van der Waals surface area (Å²) >= 11 is 0. The number of pyridine rings is 1. The molecule has 4 aromatic rings. The first-order valence-electron chi connectivity index (χ1n) is 8.17. The van der Waals surface area contributed by atoms with Crippen molar-refractivity contribution >= 4 is 23.1 Å². The van der Waals surface area contributed by atoms with Crippen molar-refractivity contribution in [1.82, 2.24) is 20.3 Å². The first kappa shape index (κ1) is 17.7. The van der Waals surface area contributed by atoms with Gasteiger partial charge in [0, 0.05) is 28.9 Å². The second-order valence-electron chi connectivity index (χ2n) is 5.99. The molecule has 0 aliphatic heterocycles. The molecule has 8 heteroatoms. The zero-order valence-electron chi connectivity index (χ0n) is 14.4. The Morgan fingerprint density at radius 1 is 1.07 bits per heavy atom. The molecule has 0 saturated heterocycles. The first-order valence-corrected chi connectivity index (χ1v) is 8.17. The van der Waals surface area contributed by atoms with Crippen LogP contribution in [0.1, 0.15) is 17.0 Å². The number of rotatable bonds is 4. The van der Waals surface area contributed by atoms with Gasteiger partial charge >= 0.3 is 6.18 Å². The van der Waals surface area contributed by atoms with E-state index in [1.54, 1.807) is 18.3 Å². The molecular formula is C20H13F3N4O. The summed E-state index contributed by atoms with van der Waals surface area (Å²) in [6.45, 7) is 7.41. The number of halogens is 3. The lowest BCUT2D eigenvalue weighted by Crippen LogP contribution is -2.07. The summed E-state index contributed by atoms with van der Waals surface area (Å²) in [5.74, 6) is 0.394. The molecule has 5 nitrogen and oxygen atoms in total. The number of aromatic amines is 1. The van der Waals surface area contributed by atoms with E-state index in [1.165, 1.54) is 18.3 Å². The summed E-state index contributed by atoms with van der Waals surface area (Å²) in [6, 6.07) is 4.37. The normalized spacial score (nSPS) is 11.7. The second-order valence-corrected chi connectivity index (χ2v) is 5.99. The van der Waals surface area contributed by atoms with Crippen LogP contribution >= 0.6 is 0 Å². The van der Waals surface area contributed by atoms with Crippen LogP contribution in [-0.4, -0.2) is 20.3 Å². The van der Waals surface area contributed by atoms with Gasteiger partial charge in [0.2, 0.25) is 0 Å². The van der Waals surface area contributed by atoms with Crippen molar-refractivity contribution in [2.45, 2.75) is 6.18 Å². The van der Waals surface area contributed by atoms with Gasteiger partial charge in [-0.2, -0.15) is 18.3 Å². The van der Waals surface area contributed by atoms with Crippen LogP contribution in [0.4, 0.5) is 13.2 Å². The Balaban J connectivity index is 2.06. The van der Waals surface area contributed by atoms with Crippen molar-refractivity contribution in [3.8, 4) is 22.3 Å². The van der Waals surface area contributed by atoms with E-state index >= 15 is 0 Å². The fraction of sp³-hybridized carbons (Fsp3) is 0.0500. The Labute approximate surface area is 157 Å². The maximum absolute atomic E-state index is 13.6. The van der Waals surface area contributed by atoms with Gasteiger partial charge in [-0.3, -0.25) is 10.1 Å². The predicted octanol–water partition coefficient (Wildman–Crippen LogP) is 5.58. The number of nitrogens with one attached hydrogen (secondary N) is 1. The summed E-state index contributed by atoms with van der Waals surface area (Å²) in [6.07, 6.45) is 2.32. The fourth-order valence-corrected chi connectivity index (χ4v) is 3.16. The lowest BCUT2D eigenvalue weighted by molar-refractivity contribution is -0.137. The van der Waals surface area contributed by atoms with Gasteiger partial charge in [0.15, 0.2) is 5.76 Å². The van der Waals surface area contributed by atoms with Gasteiger partial charge in [0.25, 0.3) is 0 Å². The zero-order valence-corrected chi connectivity index (χ0v) is 14.4. The summed E-state index contributed by atoms with van der Waals surface area (Å²) in [5, 5.41) is 11.3. The standard InChI is InChI=1S/C20H13F3N4O/c1-3-16-18(17(4-2)28-27-16)11-7-12-9-25-26-19(12)13(8-11)14-10-24-6-5-15(14)20(21,22)23/h3-10H,1-2H2,(H,25,26). The Hall–Kier alpha value is -3.68. The van der Waals surface area contributed by atoms with E-state index in [0.717, 1.165) is 12.3 Å². The molecule has 0 amide bonds. The molecule has 4 rings (SSSR count). The van der Waals surface area contributed by atoms with Gasteiger partial charge in [0.1, 0.15) is 5.69 Å². The molecule has 1 N–H and O–H groups in total. The van der Waals surface area contributed by atoms with Crippen molar-refractivity contribution in [3.05, 3.63) is 67.0 Å². The average Bonchev–Trinajstić information content (AvgIpc) is 3.32. The summed E-state index contributed by atoms with van der Waals surface area (Å²) in [4.78, 5) is 3.89. The summed E-state index contributed by atoms with van der Waals surface area (Å²) < 4.78 is 46.0. The molecule has 0 radical (unpaired) electrons. The molecule has 1 aromatic carbocycles.